The molecule has 1 heterocycles. The van der Waals surface area contributed by atoms with Crippen molar-refractivity contribution in [3.8, 4) is 0 Å². The van der Waals surface area contributed by atoms with Gasteiger partial charge in [0, 0.05) is 17.5 Å². The van der Waals surface area contributed by atoms with Crippen LogP contribution in [0, 0.1) is 11.9 Å². The molecule has 1 nitrogen and oxygen atoms in total. The van der Waals surface area contributed by atoms with Crippen molar-refractivity contribution in [1.29, 1.82) is 0 Å². The van der Waals surface area contributed by atoms with Crippen LogP contribution in [0.15, 0.2) is 28.9 Å². The molecule has 0 aliphatic rings. The summed E-state index contributed by atoms with van der Waals surface area (Å²) >= 11 is 0. The van der Waals surface area contributed by atoms with Crippen molar-refractivity contribution in [3.05, 3.63) is 36.3 Å². The Kier molecular flexibility index (Phi) is 1.01. The second-order valence-corrected chi connectivity index (χ2v) is 2.02. The molecule has 2 heteroatoms. The van der Waals surface area contributed by atoms with Crippen LogP contribution in [0.5, 0.6) is 0 Å². The highest BCUT2D eigenvalue weighted by Gasteiger charge is 1.96. The molecular weight excluding hydrogens is 131 g/mol. The maximum absolute atomic E-state index is 12.4. The summed E-state index contributed by atoms with van der Waals surface area (Å²) in [5, 5.41) is 0.876. The third kappa shape index (κ3) is 0.692. The lowest BCUT2D eigenvalue weighted by Gasteiger charge is -1.85. The van der Waals surface area contributed by atoms with Crippen molar-refractivity contribution in [1.82, 2.24) is 0 Å². The first-order valence-corrected chi connectivity index (χ1v) is 2.91. The van der Waals surface area contributed by atoms with E-state index in [1.165, 1.54) is 12.3 Å². The van der Waals surface area contributed by atoms with Crippen LogP contribution >= 0.6 is 0 Å². The Labute approximate surface area is 57.1 Å². The SMILES string of the molecule is Fc1[c]cc2ccoc2c1. The third-order valence-electron chi connectivity index (χ3n) is 1.35. The van der Waals surface area contributed by atoms with E-state index >= 15 is 0 Å². The first kappa shape index (κ1) is 5.47. The van der Waals surface area contributed by atoms with Crippen LogP contribution in [-0.2, 0) is 0 Å². The number of halogens is 1. The maximum atomic E-state index is 12.4. The Bertz CT molecular complexity index is 351. The van der Waals surface area contributed by atoms with E-state index in [0.717, 1.165) is 5.39 Å². The van der Waals surface area contributed by atoms with Crippen molar-refractivity contribution >= 4 is 11.0 Å². The van der Waals surface area contributed by atoms with Crippen molar-refractivity contribution in [2.45, 2.75) is 0 Å². The topological polar surface area (TPSA) is 13.1 Å². The number of rotatable bonds is 0. The molecule has 1 radical (unpaired) electrons. The van der Waals surface area contributed by atoms with E-state index in [4.69, 9.17) is 4.42 Å². The largest absolute Gasteiger partial charge is 0.464 e. The number of hydrogen-bond acceptors (Lipinski definition) is 1. The van der Waals surface area contributed by atoms with Gasteiger partial charge in [-0.25, -0.2) is 4.39 Å². The minimum Gasteiger partial charge on any atom is -0.464 e. The Morgan fingerprint density at radius 3 is 3.30 bits per heavy atom. The fourth-order valence-electron chi connectivity index (χ4n) is 0.871. The van der Waals surface area contributed by atoms with Gasteiger partial charge < -0.3 is 4.42 Å². The molecule has 0 unspecified atom stereocenters. The minimum atomic E-state index is -0.387. The molecule has 1 aromatic carbocycles. The van der Waals surface area contributed by atoms with Gasteiger partial charge in [0.1, 0.15) is 11.4 Å². The molecule has 2 rings (SSSR count). The van der Waals surface area contributed by atoms with Crippen LogP contribution in [-0.4, -0.2) is 0 Å². The van der Waals surface area contributed by atoms with E-state index < -0.39 is 0 Å². The highest BCUT2D eigenvalue weighted by molar-refractivity contribution is 5.76. The van der Waals surface area contributed by atoms with Gasteiger partial charge in [-0.3, -0.25) is 0 Å². The van der Waals surface area contributed by atoms with E-state index in [9.17, 15) is 4.39 Å². The molecule has 10 heavy (non-hydrogen) atoms. The average Bonchev–Trinajstić information content (AvgIpc) is 2.33. The van der Waals surface area contributed by atoms with E-state index in [-0.39, 0.29) is 5.82 Å². The molecule has 0 N–H and O–H groups in total. The Balaban J connectivity index is 2.86. The first-order valence-electron chi connectivity index (χ1n) is 2.91. The molecule has 0 bridgehead atoms. The summed E-state index contributed by atoms with van der Waals surface area (Å²) in [4.78, 5) is 0. The molecule has 2 aromatic rings. The molecule has 0 spiro atoms. The highest BCUT2D eigenvalue weighted by atomic mass is 19.1. The van der Waals surface area contributed by atoms with Crippen LogP contribution in [0.4, 0.5) is 4.39 Å². The van der Waals surface area contributed by atoms with Crippen LogP contribution in [0.2, 0.25) is 0 Å². The monoisotopic (exact) mass is 135 g/mol. The van der Waals surface area contributed by atoms with Gasteiger partial charge in [0.15, 0.2) is 0 Å². The van der Waals surface area contributed by atoms with E-state index in [2.05, 4.69) is 6.07 Å². The van der Waals surface area contributed by atoms with E-state index in [1.807, 2.05) is 0 Å². The second-order valence-electron chi connectivity index (χ2n) is 2.02. The quantitative estimate of drug-likeness (QED) is 0.540. The Morgan fingerprint density at radius 2 is 2.40 bits per heavy atom. The zero-order valence-electron chi connectivity index (χ0n) is 5.10. The predicted molar refractivity (Wildman–Crippen MR) is 35.0 cm³/mol. The average molecular weight is 135 g/mol. The molecule has 0 aliphatic carbocycles. The fraction of sp³-hybridized carbons (Fsp3) is 0. The summed E-state index contributed by atoms with van der Waals surface area (Å²) in [6.45, 7) is 0. The Morgan fingerprint density at radius 1 is 1.50 bits per heavy atom. The lowest BCUT2D eigenvalue weighted by Crippen LogP contribution is -1.69. The molecule has 0 aliphatic heterocycles. The predicted octanol–water partition coefficient (Wildman–Crippen LogP) is 2.37. The molecule has 1 aromatic heterocycles. The normalized spacial score (nSPS) is 10.5. The summed E-state index contributed by atoms with van der Waals surface area (Å²) in [5.74, 6) is -0.387. The van der Waals surface area contributed by atoms with Gasteiger partial charge in [-0.2, -0.15) is 0 Å². The molecule has 0 atom stereocenters. The van der Waals surface area contributed by atoms with E-state index in [1.54, 1.807) is 12.1 Å². The van der Waals surface area contributed by atoms with Crippen LogP contribution in [0.1, 0.15) is 0 Å². The van der Waals surface area contributed by atoms with Gasteiger partial charge in [0.2, 0.25) is 0 Å². The summed E-state index contributed by atoms with van der Waals surface area (Å²) < 4.78 is 17.3. The van der Waals surface area contributed by atoms with Gasteiger partial charge in [-0.15, -0.1) is 0 Å². The zero-order valence-corrected chi connectivity index (χ0v) is 5.10. The summed E-state index contributed by atoms with van der Waals surface area (Å²) in [5.41, 5.74) is 0.566. The van der Waals surface area contributed by atoms with E-state index in [0.29, 0.717) is 5.58 Å². The lowest BCUT2D eigenvalue weighted by atomic mass is 10.2. The number of benzene rings is 1. The summed E-state index contributed by atoms with van der Waals surface area (Å²) in [7, 11) is 0. The summed E-state index contributed by atoms with van der Waals surface area (Å²) in [6, 6.07) is 7.08. The minimum absolute atomic E-state index is 0.387. The Hall–Kier alpha value is -1.31. The van der Waals surface area contributed by atoms with Crippen molar-refractivity contribution in [3.63, 3.8) is 0 Å². The van der Waals surface area contributed by atoms with Crippen molar-refractivity contribution in [2.24, 2.45) is 0 Å². The van der Waals surface area contributed by atoms with Gasteiger partial charge in [-0.05, 0) is 12.1 Å². The zero-order chi connectivity index (χ0) is 6.97. The molecular formula is C8H4FO. The molecule has 0 saturated heterocycles. The fourth-order valence-corrected chi connectivity index (χ4v) is 0.871. The smallest absolute Gasteiger partial charge is 0.136 e. The number of hydrogen-bond donors (Lipinski definition) is 0. The lowest BCUT2D eigenvalue weighted by molar-refractivity contribution is 0.598. The van der Waals surface area contributed by atoms with Gasteiger partial charge in [0.25, 0.3) is 0 Å². The van der Waals surface area contributed by atoms with Gasteiger partial charge in [-0.1, -0.05) is 0 Å². The number of fused-ring (bicyclic) bond motifs is 1. The van der Waals surface area contributed by atoms with Gasteiger partial charge >= 0.3 is 0 Å². The maximum Gasteiger partial charge on any atom is 0.136 e. The molecule has 0 saturated carbocycles. The first-order chi connectivity index (χ1) is 4.86. The van der Waals surface area contributed by atoms with Gasteiger partial charge in [0.05, 0.1) is 6.26 Å². The molecule has 0 fully saturated rings. The van der Waals surface area contributed by atoms with Crippen molar-refractivity contribution in [2.75, 3.05) is 0 Å². The molecule has 0 amide bonds. The number of furan rings is 1. The van der Waals surface area contributed by atoms with Crippen molar-refractivity contribution < 1.29 is 8.81 Å². The highest BCUT2D eigenvalue weighted by Crippen LogP contribution is 2.14. The third-order valence-corrected chi connectivity index (χ3v) is 1.35. The standard InChI is InChI=1S/C8H4FO/c9-7-2-1-6-3-4-10-8(6)5-7/h1,3-5H. The van der Waals surface area contributed by atoms with Crippen LogP contribution in [0.25, 0.3) is 11.0 Å². The van der Waals surface area contributed by atoms with Crippen LogP contribution in [0.3, 0.4) is 0 Å². The summed E-state index contributed by atoms with van der Waals surface area (Å²) in [6.07, 6.45) is 1.53. The molecule has 49 valence electrons. The van der Waals surface area contributed by atoms with Crippen LogP contribution < -0.4 is 0 Å². The second kappa shape index (κ2) is 1.84.